The Morgan fingerprint density at radius 2 is 1.81 bits per heavy atom. The van der Waals surface area contributed by atoms with Crippen molar-refractivity contribution in [1.82, 2.24) is 10.2 Å². The molecule has 0 aromatic heterocycles. The molecule has 0 saturated heterocycles. The van der Waals surface area contributed by atoms with Crippen molar-refractivity contribution in [1.29, 1.82) is 0 Å². The minimum Gasteiger partial charge on any atom is -0.391 e. The van der Waals surface area contributed by atoms with Gasteiger partial charge >= 0.3 is 0 Å². The van der Waals surface area contributed by atoms with E-state index in [2.05, 4.69) is 5.32 Å². The zero-order valence-corrected chi connectivity index (χ0v) is 15.0. The molecule has 9 heteroatoms. The van der Waals surface area contributed by atoms with Crippen LogP contribution in [0.4, 0.5) is 5.69 Å². The maximum absolute atomic E-state index is 12.1. The van der Waals surface area contributed by atoms with Crippen molar-refractivity contribution >= 4 is 11.6 Å². The largest absolute Gasteiger partial charge is 0.391 e. The molecule has 2 atom stereocenters. The van der Waals surface area contributed by atoms with E-state index in [1.807, 2.05) is 0 Å². The minimum absolute atomic E-state index is 0.167. The lowest BCUT2D eigenvalue weighted by molar-refractivity contribution is -0.385. The zero-order valence-electron chi connectivity index (χ0n) is 15.0. The van der Waals surface area contributed by atoms with Crippen LogP contribution in [0.5, 0.6) is 0 Å². The van der Waals surface area contributed by atoms with Crippen LogP contribution in [-0.4, -0.2) is 56.6 Å². The van der Waals surface area contributed by atoms with Gasteiger partial charge < -0.3 is 20.6 Å². The van der Waals surface area contributed by atoms with Gasteiger partial charge in [0.1, 0.15) is 12.5 Å². The van der Waals surface area contributed by atoms with Crippen LogP contribution >= 0.6 is 0 Å². The molecular formula is C18H25N3O6. The van der Waals surface area contributed by atoms with E-state index in [4.69, 9.17) is 5.11 Å². The smallest absolute Gasteiger partial charge is 0.275 e. The first-order valence-electron chi connectivity index (χ1n) is 8.90. The van der Waals surface area contributed by atoms with E-state index >= 15 is 0 Å². The maximum atomic E-state index is 12.1. The Labute approximate surface area is 157 Å². The summed E-state index contributed by atoms with van der Waals surface area (Å²) in [5.74, 6) is -0.392. The average molecular weight is 379 g/mol. The van der Waals surface area contributed by atoms with E-state index in [9.17, 15) is 25.1 Å². The van der Waals surface area contributed by atoms with Gasteiger partial charge in [0.25, 0.3) is 11.6 Å². The van der Waals surface area contributed by atoms with Gasteiger partial charge in [0, 0.05) is 24.7 Å². The van der Waals surface area contributed by atoms with E-state index in [0.29, 0.717) is 13.1 Å². The summed E-state index contributed by atoms with van der Waals surface area (Å²) >= 11 is 0. The predicted molar refractivity (Wildman–Crippen MR) is 97.7 cm³/mol. The van der Waals surface area contributed by atoms with Crippen molar-refractivity contribution in [2.75, 3.05) is 13.1 Å². The van der Waals surface area contributed by atoms with Crippen molar-refractivity contribution in [2.24, 2.45) is 0 Å². The molecule has 2 unspecified atom stereocenters. The Morgan fingerprint density at radius 3 is 2.44 bits per heavy atom. The third-order valence-electron chi connectivity index (χ3n) is 4.48. The van der Waals surface area contributed by atoms with E-state index in [-0.39, 0.29) is 16.8 Å². The standard InChI is InChI=1S/C18H25N3O6/c22-12-14-6-5-13(11-15(14)21(26)27)18(25)19-9-3-1-2-4-10-20-16(23)7-8-17(20)24/h5-8,11,16-17,22-24H,1-4,9-10,12H2,(H,19,25). The van der Waals surface area contributed by atoms with Crippen LogP contribution in [0.3, 0.4) is 0 Å². The molecular weight excluding hydrogens is 354 g/mol. The number of amides is 1. The molecule has 0 saturated carbocycles. The van der Waals surface area contributed by atoms with Crippen molar-refractivity contribution in [3.05, 3.63) is 51.6 Å². The third-order valence-corrected chi connectivity index (χ3v) is 4.48. The molecule has 0 radical (unpaired) electrons. The fraction of sp³-hybridized carbons (Fsp3) is 0.500. The summed E-state index contributed by atoms with van der Waals surface area (Å²) < 4.78 is 0. The SMILES string of the molecule is O=C(NCCCCCCN1C(O)C=CC1O)c1ccc(CO)c([N+](=O)[O-])c1. The van der Waals surface area contributed by atoms with Crippen LogP contribution < -0.4 is 5.32 Å². The molecule has 2 rings (SSSR count). The molecule has 0 aliphatic carbocycles. The van der Waals surface area contributed by atoms with E-state index in [1.54, 1.807) is 17.1 Å². The highest BCUT2D eigenvalue weighted by molar-refractivity contribution is 5.94. The summed E-state index contributed by atoms with van der Waals surface area (Å²) in [7, 11) is 0. The van der Waals surface area contributed by atoms with Crippen LogP contribution in [-0.2, 0) is 6.61 Å². The van der Waals surface area contributed by atoms with Crippen molar-refractivity contribution in [2.45, 2.75) is 44.7 Å². The number of nitro benzene ring substituents is 1. The number of nitrogens with one attached hydrogen (secondary N) is 1. The van der Waals surface area contributed by atoms with Gasteiger partial charge in [-0.15, -0.1) is 0 Å². The van der Waals surface area contributed by atoms with E-state index < -0.39 is 29.9 Å². The Balaban J connectivity index is 1.66. The van der Waals surface area contributed by atoms with Gasteiger partial charge in [-0.2, -0.15) is 0 Å². The van der Waals surface area contributed by atoms with E-state index in [0.717, 1.165) is 25.7 Å². The highest BCUT2D eigenvalue weighted by atomic mass is 16.6. The van der Waals surface area contributed by atoms with Crippen LogP contribution in [0.15, 0.2) is 30.4 Å². The molecule has 1 heterocycles. The Morgan fingerprint density at radius 1 is 1.15 bits per heavy atom. The molecule has 9 nitrogen and oxygen atoms in total. The monoisotopic (exact) mass is 379 g/mol. The van der Waals surface area contributed by atoms with Crippen LogP contribution in [0.2, 0.25) is 0 Å². The van der Waals surface area contributed by atoms with E-state index in [1.165, 1.54) is 18.2 Å². The van der Waals surface area contributed by atoms with Crippen molar-refractivity contribution < 1.29 is 25.0 Å². The second-order valence-electron chi connectivity index (χ2n) is 6.38. The number of hydrogen-bond acceptors (Lipinski definition) is 7. The fourth-order valence-corrected chi connectivity index (χ4v) is 2.93. The van der Waals surface area contributed by atoms with Gasteiger partial charge in [0.2, 0.25) is 0 Å². The van der Waals surface area contributed by atoms with Crippen molar-refractivity contribution in [3.63, 3.8) is 0 Å². The molecule has 148 valence electrons. The molecule has 27 heavy (non-hydrogen) atoms. The molecule has 1 aliphatic rings. The number of carbonyl (C=O) groups is 1. The lowest BCUT2D eigenvalue weighted by Gasteiger charge is -2.23. The number of rotatable bonds is 10. The number of hydrogen-bond donors (Lipinski definition) is 4. The summed E-state index contributed by atoms with van der Waals surface area (Å²) in [5.41, 5.74) is 0.0781. The predicted octanol–water partition coefficient (Wildman–Crippen LogP) is 0.886. The number of nitrogens with zero attached hydrogens (tertiary/aromatic N) is 2. The Bertz CT molecular complexity index is 682. The first-order valence-corrected chi connectivity index (χ1v) is 8.90. The van der Waals surface area contributed by atoms with Crippen LogP contribution in [0.1, 0.15) is 41.6 Å². The molecule has 0 bridgehead atoms. The van der Waals surface area contributed by atoms with Gasteiger partial charge in [-0.1, -0.05) is 12.8 Å². The molecule has 0 spiro atoms. The van der Waals surface area contributed by atoms with Gasteiger partial charge in [0.15, 0.2) is 0 Å². The summed E-state index contributed by atoms with van der Waals surface area (Å²) in [5, 5.41) is 42.1. The number of nitro groups is 1. The number of aliphatic hydroxyl groups is 3. The van der Waals surface area contributed by atoms with Gasteiger partial charge in [0.05, 0.1) is 17.1 Å². The van der Waals surface area contributed by atoms with Crippen LogP contribution in [0.25, 0.3) is 0 Å². The normalized spacial score (nSPS) is 19.4. The molecule has 0 fully saturated rings. The molecule has 4 N–H and O–H groups in total. The molecule has 1 aromatic carbocycles. The minimum atomic E-state index is -0.736. The number of unbranched alkanes of at least 4 members (excludes halogenated alkanes) is 3. The summed E-state index contributed by atoms with van der Waals surface area (Å²) in [6, 6.07) is 4.00. The quantitative estimate of drug-likeness (QED) is 0.205. The fourth-order valence-electron chi connectivity index (χ4n) is 2.93. The summed E-state index contributed by atoms with van der Waals surface area (Å²) in [6.07, 6.45) is 4.97. The first kappa shape index (κ1) is 21.0. The lowest BCUT2D eigenvalue weighted by Crippen LogP contribution is -2.37. The maximum Gasteiger partial charge on any atom is 0.275 e. The average Bonchev–Trinajstić information content (AvgIpc) is 2.98. The topological polar surface area (TPSA) is 136 Å². The van der Waals surface area contributed by atoms with Gasteiger partial charge in [-0.3, -0.25) is 14.9 Å². The lowest BCUT2D eigenvalue weighted by atomic mass is 10.1. The van der Waals surface area contributed by atoms with Crippen LogP contribution in [0, 0.1) is 10.1 Å². The van der Waals surface area contributed by atoms with Crippen molar-refractivity contribution in [3.8, 4) is 0 Å². The second-order valence-corrected chi connectivity index (χ2v) is 6.38. The first-order chi connectivity index (χ1) is 12.9. The Kier molecular flexibility index (Phi) is 7.86. The third kappa shape index (κ3) is 5.83. The number of aliphatic hydroxyl groups excluding tert-OH is 3. The summed E-state index contributed by atoms with van der Waals surface area (Å²) in [4.78, 5) is 24.0. The highest BCUT2D eigenvalue weighted by Gasteiger charge is 2.24. The van der Waals surface area contributed by atoms with Gasteiger partial charge in [-0.25, -0.2) is 4.90 Å². The Hall–Kier alpha value is -2.33. The molecule has 1 aliphatic heterocycles. The molecule has 1 aromatic rings. The zero-order chi connectivity index (χ0) is 19.8. The number of benzene rings is 1. The number of carbonyl (C=O) groups excluding carboxylic acids is 1. The highest BCUT2D eigenvalue weighted by Crippen LogP contribution is 2.20. The van der Waals surface area contributed by atoms with Gasteiger partial charge in [-0.05, 0) is 37.1 Å². The second kappa shape index (κ2) is 10.1. The summed E-state index contributed by atoms with van der Waals surface area (Å²) in [6.45, 7) is 0.577. The molecule has 1 amide bonds.